The molecule has 0 fully saturated rings. The molecule has 0 aliphatic heterocycles. The van der Waals surface area contributed by atoms with Gasteiger partial charge in [0.05, 0.1) is 12.7 Å². The molecule has 0 spiro atoms. The fourth-order valence-corrected chi connectivity index (χ4v) is 2.61. The highest BCUT2D eigenvalue weighted by molar-refractivity contribution is 9.10. The van der Waals surface area contributed by atoms with Gasteiger partial charge in [0.1, 0.15) is 5.75 Å². The van der Waals surface area contributed by atoms with Crippen LogP contribution in [0.25, 0.3) is 0 Å². The second-order valence-electron chi connectivity index (χ2n) is 4.76. The highest BCUT2D eigenvalue weighted by Crippen LogP contribution is 2.26. The number of ether oxygens (including phenoxy) is 1. The van der Waals surface area contributed by atoms with Gasteiger partial charge in [-0.1, -0.05) is 25.1 Å². The van der Waals surface area contributed by atoms with E-state index in [1.54, 1.807) is 13.2 Å². The van der Waals surface area contributed by atoms with Gasteiger partial charge >= 0.3 is 0 Å². The van der Waals surface area contributed by atoms with E-state index in [9.17, 15) is 4.79 Å². The number of hydrogen-bond acceptors (Lipinski definition) is 2. The van der Waals surface area contributed by atoms with Gasteiger partial charge in [-0.05, 0) is 58.6 Å². The monoisotopic (exact) mass is 347 g/mol. The largest absolute Gasteiger partial charge is 0.497 e. The zero-order valence-electron chi connectivity index (χ0n) is 12.4. The lowest BCUT2D eigenvalue weighted by molar-refractivity contribution is 0.102. The molecular formula is C17H18BrNO2. The van der Waals surface area contributed by atoms with Crippen molar-refractivity contribution in [2.75, 3.05) is 12.4 Å². The molecular weight excluding hydrogens is 330 g/mol. The summed E-state index contributed by atoms with van der Waals surface area (Å²) in [4.78, 5) is 12.5. The molecule has 4 heteroatoms. The van der Waals surface area contributed by atoms with Gasteiger partial charge < -0.3 is 10.1 Å². The van der Waals surface area contributed by atoms with E-state index in [1.165, 1.54) is 0 Å². The highest BCUT2D eigenvalue weighted by Gasteiger charge is 2.14. The molecule has 3 nitrogen and oxygen atoms in total. The SMILES string of the molecule is CCc1cccc(C)c1NC(=O)c1cc(OC)ccc1Br. The van der Waals surface area contributed by atoms with Crippen molar-refractivity contribution in [3.8, 4) is 5.75 Å². The predicted molar refractivity (Wildman–Crippen MR) is 89.2 cm³/mol. The third-order valence-corrected chi connectivity index (χ3v) is 4.09. The van der Waals surface area contributed by atoms with Crippen molar-refractivity contribution < 1.29 is 9.53 Å². The Balaban J connectivity index is 2.35. The lowest BCUT2D eigenvalue weighted by Gasteiger charge is -2.14. The van der Waals surface area contributed by atoms with E-state index in [4.69, 9.17) is 4.74 Å². The highest BCUT2D eigenvalue weighted by atomic mass is 79.9. The third kappa shape index (κ3) is 3.45. The minimum Gasteiger partial charge on any atom is -0.497 e. The summed E-state index contributed by atoms with van der Waals surface area (Å²) >= 11 is 3.41. The number of carbonyl (C=O) groups excluding carboxylic acids is 1. The van der Waals surface area contributed by atoms with Crippen LogP contribution in [-0.4, -0.2) is 13.0 Å². The van der Waals surface area contributed by atoms with Crippen LogP contribution in [0.1, 0.15) is 28.4 Å². The second kappa shape index (κ2) is 6.76. The number of amides is 1. The number of hydrogen-bond donors (Lipinski definition) is 1. The van der Waals surface area contributed by atoms with Crippen LogP contribution < -0.4 is 10.1 Å². The smallest absolute Gasteiger partial charge is 0.256 e. The molecule has 2 aromatic rings. The zero-order valence-corrected chi connectivity index (χ0v) is 14.0. The lowest BCUT2D eigenvalue weighted by atomic mass is 10.1. The Labute approximate surface area is 133 Å². The molecule has 0 saturated heterocycles. The van der Waals surface area contributed by atoms with Gasteiger partial charge in [-0.2, -0.15) is 0 Å². The van der Waals surface area contributed by atoms with Gasteiger partial charge in [-0.15, -0.1) is 0 Å². The molecule has 0 radical (unpaired) electrons. The number of nitrogens with one attached hydrogen (secondary N) is 1. The van der Waals surface area contributed by atoms with E-state index in [0.29, 0.717) is 11.3 Å². The first-order chi connectivity index (χ1) is 10.1. The Morgan fingerprint density at radius 2 is 2.05 bits per heavy atom. The van der Waals surface area contributed by atoms with E-state index in [1.807, 2.05) is 37.3 Å². The van der Waals surface area contributed by atoms with Crippen LogP contribution in [0, 0.1) is 6.92 Å². The summed E-state index contributed by atoms with van der Waals surface area (Å²) in [6.07, 6.45) is 0.872. The van der Waals surface area contributed by atoms with Crippen LogP contribution in [0.4, 0.5) is 5.69 Å². The summed E-state index contributed by atoms with van der Waals surface area (Å²) in [6, 6.07) is 11.4. The maximum Gasteiger partial charge on any atom is 0.256 e. The Hall–Kier alpha value is -1.81. The first kappa shape index (κ1) is 15.6. The fraction of sp³-hybridized carbons (Fsp3) is 0.235. The Morgan fingerprint density at radius 3 is 2.71 bits per heavy atom. The van der Waals surface area contributed by atoms with Crippen molar-refractivity contribution in [2.24, 2.45) is 0 Å². The molecule has 1 amide bonds. The summed E-state index contributed by atoms with van der Waals surface area (Å²) in [7, 11) is 1.58. The van der Waals surface area contributed by atoms with Gasteiger partial charge in [0.15, 0.2) is 0 Å². The average molecular weight is 348 g/mol. The molecule has 0 saturated carbocycles. The minimum atomic E-state index is -0.148. The summed E-state index contributed by atoms with van der Waals surface area (Å²) < 4.78 is 5.92. The third-order valence-electron chi connectivity index (χ3n) is 3.40. The summed E-state index contributed by atoms with van der Waals surface area (Å²) in [5.74, 6) is 0.508. The molecule has 0 aromatic heterocycles. The number of methoxy groups -OCH3 is 1. The second-order valence-corrected chi connectivity index (χ2v) is 5.62. The van der Waals surface area contributed by atoms with Crippen molar-refractivity contribution in [3.05, 3.63) is 57.6 Å². The van der Waals surface area contributed by atoms with Crippen molar-refractivity contribution in [1.29, 1.82) is 0 Å². The van der Waals surface area contributed by atoms with Crippen LogP contribution in [0.15, 0.2) is 40.9 Å². The number of carbonyl (C=O) groups is 1. The molecule has 0 atom stereocenters. The van der Waals surface area contributed by atoms with E-state index in [2.05, 4.69) is 28.2 Å². The molecule has 0 aliphatic carbocycles. The normalized spacial score (nSPS) is 10.3. The van der Waals surface area contributed by atoms with Crippen molar-refractivity contribution >= 4 is 27.5 Å². The van der Waals surface area contributed by atoms with Gasteiger partial charge in [-0.25, -0.2) is 0 Å². The lowest BCUT2D eigenvalue weighted by Crippen LogP contribution is -2.15. The van der Waals surface area contributed by atoms with Crippen molar-refractivity contribution in [3.63, 3.8) is 0 Å². The first-order valence-electron chi connectivity index (χ1n) is 6.80. The average Bonchev–Trinajstić information content (AvgIpc) is 2.49. The van der Waals surface area contributed by atoms with Crippen molar-refractivity contribution in [1.82, 2.24) is 0 Å². The molecule has 2 aromatic carbocycles. The molecule has 0 unspecified atom stereocenters. The molecule has 2 rings (SSSR count). The van der Waals surface area contributed by atoms with Crippen molar-refractivity contribution in [2.45, 2.75) is 20.3 Å². The van der Waals surface area contributed by atoms with Gasteiger partial charge in [0, 0.05) is 10.2 Å². The number of anilines is 1. The molecule has 110 valence electrons. The molecule has 21 heavy (non-hydrogen) atoms. The zero-order chi connectivity index (χ0) is 15.4. The Kier molecular flexibility index (Phi) is 5.02. The molecule has 0 bridgehead atoms. The van der Waals surface area contributed by atoms with E-state index in [-0.39, 0.29) is 5.91 Å². The van der Waals surface area contributed by atoms with Crippen LogP contribution in [0.3, 0.4) is 0 Å². The first-order valence-corrected chi connectivity index (χ1v) is 7.59. The standard InChI is InChI=1S/C17H18BrNO2/c1-4-12-7-5-6-11(2)16(12)19-17(20)14-10-13(21-3)8-9-15(14)18/h5-10H,4H2,1-3H3,(H,19,20). The molecule has 1 N–H and O–H groups in total. The number of aryl methyl sites for hydroxylation is 2. The number of para-hydroxylation sites is 1. The summed E-state index contributed by atoms with van der Waals surface area (Å²) in [5, 5.41) is 3.01. The van der Waals surface area contributed by atoms with E-state index >= 15 is 0 Å². The van der Waals surface area contributed by atoms with E-state index < -0.39 is 0 Å². The maximum atomic E-state index is 12.5. The topological polar surface area (TPSA) is 38.3 Å². The van der Waals surface area contributed by atoms with E-state index in [0.717, 1.165) is 27.7 Å². The number of rotatable bonds is 4. The quantitative estimate of drug-likeness (QED) is 0.878. The van der Waals surface area contributed by atoms with Crippen LogP contribution >= 0.6 is 15.9 Å². The number of benzene rings is 2. The molecule has 0 heterocycles. The number of halogens is 1. The van der Waals surface area contributed by atoms with Gasteiger partial charge in [0.25, 0.3) is 5.91 Å². The minimum absolute atomic E-state index is 0.148. The fourth-order valence-electron chi connectivity index (χ4n) is 2.19. The Morgan fingerprint density at radius 1 is 1.29 bits per heavy atom. The summed E-state index contributed by atoms with van der Waals surface area (Å²) in [5.41, 5.74) is 3.63. The van der Waals surface area contributed by atoms with Gasteiger partial charge in [0.2, 0.25) is 0 Å². The van der Waals surface area contributed by atoms with Crippen LogP contribution in [0.2, 0.25) is 0 Å². The van der Waals surface area contributed by atoms with Crippen LogP contribution in [-0.2, 0) is 6.42 Å². The molecule has 0 aliphatic rings. The summed E-state index contributed by atoms with van der Waals surface area (Å²) in [6.45, 7) is 4.07. The predicted octanol–water partition coefficient (Wildman–Crippen LogP) is 4.58. The Bertz CT molecular complexity index is 668. The van der Waals surface area contributed by atoms with Crippen LogP contribution in [0.5, 0.6) is 5.75 Å². The van der Waals surface area contributed by atoms with Gasteiger partial charge in [-0.3, -0.25) is 4.79 Å². The maximum absolute atomic E-state index is 12.5.